The molecule has 0 unspecified atom stereocenters. The van der Waals surface area contributed by atoms with E-state index in [2.05, 4.69) is 15.5 Å². The molecule has 0 saturated carbocycles. The van der Waals surface area contributed by atoms with Crippen molar-refractivity contribution in [2.45, 2.75) is 6.54 Å². The zero-order valence-corrected chi connectivity index (χ0v) is 13.9. The molecule has 0 aliphatic carbocycles. The zero-order valence-electron chi connectivity index (χ0n) is 13.9. The Bertz CT molecular complexity index is 936. The van der Waals surface area contributed by atoms with E-state index in [9.17, 15) is 4.79 Å². The number of carbonyl (C=O) groups is 1. The van der Waals surface area contributed by atoms with Crippen molar-refractivity contribution in [3.8, 4) is 28.7 Å². The monoisotopic (exact) mass is 353 g/mol. The Morgan fingerprint density at radius 2 is 1.92 bits per heavy atom. The quantitative estimate of drug-likeness (QED) is 0.752. The van der Waals surface area contributed by atoms with Gasteiger partial charge in [-0.05, 0) is 42.0 Å². The maximum atomic E-state index is 12.2. The van der Waals surface area contributed by atoms with E-state index in [1.165, 1.54) is 0 Å². The van der Waals surface area contributed by atoms with Gasteiger partial charge >= 0.3 is 11.8 Å². The molecule has 4 rings (SSSR count). The maximum Gasteiger partial charge on any atom is 0.309 e. The van der Waals surface area contributed by atoms with Gasteiger partial charge in [0.1, 0.15) is 5.75 Å². The summed E-state index contributed by atoms with van der Waals surface area (Å²) in [4.78, 5) is 12.2. The summed E-state index contributed by atoms with van der Waals surface area (Å²) in [6.45, 7) is 0.511. The first-order valence-electron chi connectivity index (χ1n) is 7.87. The number of fused-ring (bicyclic) bond motifs is 1. The molecule has 132 valence electrons. The molecule has 1 N–H and O–H groups in total. The molecule has 1 aliphatic heterocycles. The molecular formula is C18H15N3O5. The van der Waals surface area contributed by atoms with Crippen LogP contribution in [0.1, 0.15) is 16.2 Å². The Labute approximate surface area is 148 Å². The first-order valence-corrected chi connectivity index (χ1v) is 7.87. The number of amides is 1. The number of methoxy groups -OCH3 is 1. The summed E-state index contributed by atoms with van der Waals surface area (Å²) >= 11 is 0. The average Bonchev–Trinajstić information content (AvgIpc) is 3.35. The standard InChI is InChI=1S/C18H15N3O5/c1-23-13-5-3-12(4-6-13)17-20-21-18(26-17)16(22)19-9-11-2-7-14-15(8-11)25-10-24-14/h2-8H,9-10H2,1H3,(H,19,22). The first-order chi connectivity index (χ1) is 12.7. The van der Waals surface area contributed by atoms with Crippen LogP contribution in [0.15, 0.2) is 46.9 Å². The molecule has 2 aromatic carbocycles. The lowest BCUT2D eigenvalue weighted by molar-refractivity contribution is 0.0916. The third-order valence-corrected chi connectivity index (χ3v) is 3.85. The molecule has 8 heteroatoms. The number of rotatable bonds is 5. The second kappa shape index (κ2) is 6.75. The van der Waals surface area contributed by atoms with Crippen LogP contribution in [0, 0.1) is 0 Å². The minimum atomic E-state index is -0.449. The van der Waals surface area contributed by atoms with Crippen molar-refractivity contribution < 1.29 is 23.4 Å². The third kappa shape index (κ3) is 3.16. The lowest BCUT2D eigenvalue weighted by Gasteiger charge is -2.04. The second-order valence-corrected chi connectivity index (χ2v) is 5.51. The molecule has 0 saturated heterocycles. The van der Waals surface area contributed by atoms with Crippen LogP contribution in [0.4, 0.5) is 0 Å². The summed E-state index contributed by atoms with van der Waals surface area (Å²) in [5.74, 6) is 1.79. The second-order valence-electron chi connectivity index (χ2n) is 5.51. The van der Waals surface area contributed by atoms with Crippen molar-refractivity contribution in [2.24, 2.45) is 0 Å². The highest BCUT2D eigenvalue weighted by Crippen LogP contribution is 2.32. The smallest absolute Gasteiger partial charge is 0.309 e. The van der Waals surface area contributed by atoms with Crippen LogP contribution >= 0.6 is 0 Å². The van der Waals surface area contributed by atoms with Gasteiger partial charge in [-0.25, -0.2) is 0 Å². The Morgan fingerprint density at radius 1 is 1.12 bits per heavy atom. The molecule has 0 bridgehead atoms. The van der Waals surface area contributed by atoms with E-state index >= 15 is 0 Å². The van der Waals surface area contributed by atoms with E-state index in [0.717, 1.165) is 11.3 Å². The Kier molecular flexibility index (Phi) is 4.14. The molecule has 3 aromatic rings. The summed E-state index contributed by atoms with van der Waals surface area (Å²) in [5, 5.41) is 10.4. The molecular weight excluding hydrogens is 338 g/mol. The molecule has 0 fully saturated rings. The van der Waals surface area contributed by atoms with Crippen molar-refractivity contribution in [1.82, 2.24) is 15.5 Å². The molecule has 1 aliphatic rings. The van der Waals surface area contributed by atoms with Gasteiger partial charge in [0.2, 0.25) is 12.7 Å². The van der Waals surface area contributed by atoms with Crippen molar-refractivity contribution in [3.63, 3.8) is 0 Å². The number of hydrogen-bond donors (Lipinski definition) is 1. The fourth-order valence-electron chi connectivity index (χ4n) is 2.47. The van der Waals surface area contributed by atoms with E-state index in [1.54, 1.807) is 37.4 Å². The van der Waals surface area contributed by atoms with Gasteiger partial charge in [0.05, 0.1) is 7.11 Å². The number of hydrogen-bond acceptors (Lipinski definition) is 7. The molecule has 0 atom stereocenters. The fourth-order valence-corrected chi connectivity index (χ4v) is 2.47. The highest BCUT2D eigenvalue weighted by atomic mass is 16.7. The van der Waals surface area contributed by atoms with Crippen molar-refractivity contribution in [1.29, 1.82) is 0 Å². The minimum absolute atomic E-state index is 0.100. The van der Waals surface area contributed by atoms with E-state index in [4.69, 9.17) is 18.6 Å². The van der Waals surface area contributed by atoms with E-state index in [0.29, 0.717) is 23.6 Å². The molecule has 1 aromatic heterocycles. The number of ether oxygens (including phenoxy) is 3. The normalized spacial score (nSPS) is 12.0. The summed E-state index contributed by atoms with van der Waals surface area (Å²) in [6.07, 6.45) is 0. The van der Waals surface area contributed by atoms with Gasteiger partial charge in [-0.2, -0.15) is 0 Å². The highest BCUT2D eigenvalue weighted by Gasteiger charge is 2.17. The summed E-state index contributed by atoms with van der Waals surface area (Å²) in [5.41, 5.74) is 1.57. The zero-order chi connectivity index (χ0) is 17.9. The van der Waals surface area contributed by atoms with Crippen LogP contribution in [-0.2, 0) is 6.54 Å². The van der Waals surface area contributed by atoms with Crippen molar-refractivity contribution in [2.75, 3.05) is 13.9 Å². The van der Waals surface area contributed by atoms with Crippen molar-refractivity contribution >= 4 is 5.91 Å². The van der Waals surface area contributed by atoms with Crippen LogP contribution in [-0.4, -0.2) is 30.0 Å². The van der Waals surface area contributed by atoms with Crippen LogP contribution in [0.2, 0.25) is 0 Å². The molecule has 0 radical (unpaired) electrons. The van der Waals surface area contributed by atoms with Gasteiger partial charge in [-0.1, -0.05) is 6.07 Å². The van der Waals surface area contributed by atoms with E-state index < -0.39 is 5.91 Å². The highest BCUT2D eigenvalue weighted by molar-refractivity contribution is 5.89. The number of nitrogens with zero attached hydrogens (tertiary/aromatic N) is 2. The Morgan fingerprint density at radius 3 is 2.73 bits per heavy atom. The van der Waals surface area contributed by atoms with Gasteiger partial charge in [0.25, 0.3) is 0 Å². The predicted molar refractivity (Wildman–Crippen MR) is 90.0 cm³/mol. The van der Waals surface area contributed by atoms with Gasteiger partial charge in [0, 0.05) is 12.1 Å². The van der Waals surface area contributed by atoms with Gasteiger partial charge in [-0.15, -0.1) is 10.2 Å². The maximum absolute atomic E-state index is 12.2. The molecule has 0 spiro atoms. The van der Waals surface area contributed by atoms with Crippen molar-refractivity contribution in [3.05, 3.63) is 53.9 Å². The largest absolute Gasteiger partial charge is 0.497 e. The summed E-state index contributed by atoms with van der Waals surface area (Å²) < 4.78 is 21.1. The lowest BCUT2D eigenvalue weighted by atomic mass is 10.2. The van der Waals surface area contributed by atoms with E-state index in [1.807, 2.05) is 12.1 Å². The topological polar surface area (TPSA) is 95.7 Å². The van der Waals surface area contributed by atoms with E-state index in [-0.39, 0.29) is 18.6 Å². The number of benzene rings is 2. The number of carbonyl (C=O) groups excluding carboxylic acids is 1. The fraction of sp³-hybridized carbons (Fsp3) is 0.167. The predicted octanol–water partition coefficient (Wildman–Crippen LogP) is 2.40. The SMILES string of the molecule is COc1ccc(-c2nnc(C(=O)NCc3ccc4c(c3)OCO4)o2)cc1. The van der Waals surface area contributed by atoms with Crippen LogP contribution in [0.3, 0.4) is 0 Å². The van der Waals surface area contributed by atoms with Gasteiger partial charge in [0.15, 0.2) is 11.5 Å². The average molecular weight is 353 g/mol. The number of nitrogens with one attached hydrogen (secondary N) is 1. The lowest BCUT2D eigenvalue weighted by Crippen LogP contribution is -2.23. The van der Waals surface area contributed by atoms with Gasteiger partial charge < -0.3 is 23.9 Å². The summed E-state index contributed by atoms with van der Waals surface area (Å²) in [6, 6.07) is 12.6. The Hall–Kier alpha value is -3.55. The minimum Gasteiger partial charge on any atom is -0.497 e. The molecule has 26 heavy (non-hydrogen) atoms. The molecule has 2 heterocycles. The first kappa shape index (κ1) is 15.9. The van der Waals surface area contributed by atoms with Crippen LogP contribution < -0.4 is 19.5 Å². The molecule has 1 amide bonds. The summed E-state index contributed by atoms with van der Waals surface area (Å²) in [7, 11) is 1.59. The number of aromatic nitrogens is 2. The molecule has 8 nitrogen and oxygen atoms in total. The van der Waals surface area contributed by atoms with Crippen LogP contribution in [0.25, 0.3) is 11.5 Å². The third-order valence-electron chi connectivity index (χ3n) is 3.85. The Balaban J connectivity index is 1.41. The van der Waals surface area contributed by atoms with Gasteiger partial charge in [-0.3, -0.25) is 4.79 Å². The van der Waals surface area contributed by atoms with Crippen LogP contribution in [0.5, 0.6) is 17.2 Å².